The van der Waals surface area contributed by atoms with Crippen LogP contribution in [0, 0.1) is 20.8 Å². The van der Waals surface area contributed by atoms with E-state index >= 15 is 0 Å². The van der Waals surface area contributed by atoms with E-state index in [1.807, 2.05) is 20.8 Å². The molecule has 66 valence electrons. The number of carbonyl (C=O) groups excluding carboxylic acids is 1. The van der Waals surface area contributed by atoms with Crippen molar-refractivity contribution in [1.29, 1.82) is 0 Å². The Morgan fingerprint density at radius 3 is 2.25 bits per heavy atom. The van der Waals surface area contributed by atoms with Crippen molar-refractivity contribution in [2.75, 3.05) is 5.33 Å². The molecule has 12 heavy (non-hydrogen) atoms. The van der Waals surface area contributed by atoms with Gasteiger partial charge in [-0.3, -0.25) is 4.79 Å². The fourth-order valence-corrected chi connectivity index (χ4v) is 1.55. The minimum absolute atomic E-state index is 0.0850. The van der Waals surface area contributed by atoms with E-state index < -0.39 is 0 Å². The van der Waals surface area contributed by atoms with Crippen LogP contribution in [0.2, 0.25) is 0 Å². The second kappa shape index (κ2) is 3.44. The topological polar surface area (TPSA) is 30.2 Å². The third kappa shape index (κ3) is 1.46. The molecule has 2 nitrogen and oxygen atoms in total. The van der Waals surface area contributed by atoms with Crippen LogP contribution in [0.25, 0.3) is 0 Å². The van der Waals surface area contributed by atoms with Gasteiger partial charge in [0.25, 0.3) is 0 Å². The minimum atomic E-state index is 0.0850. The van der Waals surface area contributed by atoms with E-state index in [4.69, 9.17) is 4.42 Å². The Morgan fingerprint density at radius 1 is 1.33 bits per heavy atom. The van der Waals surface area contributed by atoms with Crippen molar-refractivity contribution in [2.24, 2.45) is 0 Å². The first-order valence-corrected chi connectivity index (χ1v) is 4.85. The summed E-state index contributed by atoms with van der Waals surface area (Å²) >= 11 is 3.14. The SMILES string of the molecule is Cc1oc(C)c(C(=O)CBr)c1C. The third-order valence-electron chi connectivity index (χ3n) is 1.96. The molecule has 0 bridgehead atoms. The van der Waals surface area contributed by atoms with Crippen LogP contribution in [0.1, 0.15) is 27.4 Å². The lowest BCUT2D eigenvalue weighted by atomic mass is 10.1. The maximum Gasteiger partial charge on any atom is 0.177 e. The van der Waals surface area contributed by atoms with Crippen LogP contribution in [-0.4, -0.2) is 11.1 Å². The van der Waals surface area contributed by atoms with Crippen molar-refractivity contribution >= 4 is 21.7 Å². The van der Waals surface area contributed by atoms with Gasteiger partial charge < -0.3 is 4.42 Å². The van der Waals surface area contributed by atoms with Crippen LogP contribution in [-0.2, 0) is 0 Å². The zero-order chi connectivity index (χ0) is 9.30. The molecule has 0 saturated carbocycles. The number of alkyl halides is 1. The fraction of sp³-hybridized carbons (Fsp3) is 0.444. The van der Waals surface area contributed by atoms with Gasteiger partial charge in [0, 0.05) is 5.56 Å². The Labute approximate surface area is 80.1 Å². The second-order valence-electron chi connectivity index (χ2n) is 2.77. The predicted octanol–water partition coefficient (Wildman–Crippen LogP) is 2.78. The molecule has 0 aliphatic heterocycles. The zero-order valence-corrected chi connectivity index (χ0v) is 8.99. The molecule has 0 N–H and O–H groups in total. The molecule has 0 aliphatic carbocycles. The maximum absolute atomic E-state index is 11.4. The van der Waals surface area contributed by atoms with Crippen molar-refractivity contribution in [3.05, 3.63) is 22.6 Å². The third-order valence-corrected chi connectivity index (χ3v) is 2.47. The lowest BCUT2D eigenvalue weighted by Crippen LogP contribution is -2.02. The van der Waals surface area contributed by atoms with Gasteiger partial charge in [-0.05, 0) is 20.8 Å². The van der Waals surface area contributed by atoms with Gasteiger partial charge in [-0.2, -0.15) is 0 Å². The number of aryl methyl sites for hydroxylation is 2. The van der Waals surface area contributed by atoms with Gasteiger partial charge in [0.1, 0.15) is 11.5 Å². The Hall–Kier alpha value is -0.570. The normalized spacial score (nSPS) is 10.3. The molecule has 0 atom stereocenters. The highest BCUT2D eigenvalue weighted by Crippen LogP contribution is 2.21. The van der Waals surface area contributed by atoms with E-state index in [9.17, 15) is 4.79 Å². The van der Waals surface area contributed by atoms with E-state index in [0.717, 1.165) is 22.6 Å². The monoisotopic (exact) mass is 230 g/mol. The highest BCUT2D eigenvalue weighted by molar-refractivity contribution is 9.09. The number of hydrogen-bond acceptors (Lipinski definition) is 2. The molecular weight excluding hydrogens is 220 g/mol. The predicted molar refractivity (Wildman–Crippen MR) is 51.0 cm³/mol. The number of Topliss-reactive ketones (excluding diaryl/α,β-unsaturated/α-hetero) is 1. The second-order valence-corrected chi connectivity index (χ2v) is 3.33. The molecule has 0 fully saturated rings. The summed E-state index contributed by atoms with van der Waals surface area (Å²) in [6.45, 7) is 5.59. The van der Waals surface area contributed by atoms with E-state index in [2.05, 4.69) is 15.9 Å². The quantitative estimate of drug-likeness (QED) is 0.578. The number of halogens is 1. The summed E-state index contributed by atoms with van der Waals surface area (Å²) in [7, 11) is 0. The van der Waals surface area contributed by atoms with Gasteiger partial charge in [-0.1, -0.05) is 15.9 Å². The van der Waals surface area contributed by atoms with E-state index in [0.29, 0.717) is 5.33 Å². The lowest BCUT2D eigenvalue weighted by molar-refractivity contribution is 0.102. The number of ketones is 1. The number of rotatable bonds is 2. The molecule has 3 heteroatoms. The number of carbonyl (C=O) groups is 1. The summed E-state index contributed by atoms with van der Waals surface area (Å²) in [5.74, 6) is 1.63. The first kappa shape index (κ1) is 9.52. The molecule has 0 spiro atoms. The van der Waals surface area contributed by atoms with Crippen molar-refractivity contribution in [3.63, 3.8) is 0 Å². The average Bonchev–Trinajstić information content (AvgIpc) is 2.26. The van der Waals surface area contributed by atoms with Gasteiger partial charge in [-0.25, -0.2) is 0 Å². The number of hydrogen-bond donors (Lipinski definition) is 0. The van der Waals surface area contributed by atoms with Gasteiger partial charge in [0.15, 0.2) is 5.78 Å². The van der Waals surface area contributed by atoms with E-state index in [1.165, 1.54) is 0 Å². The maximum atomic E-state index is 11.4. The van der Waals surface area contributed by atoms with Crippen molar-refractivity contribution < 1.29 is 9.21 Å². The van der Waals surface area contributed by atoms with Crippen molar-refractivity contribution in [1.82, 2.24) is 0 Å². The molecule has 0 saturated heterocycles. The van der Waals surface area contributed by atoms with Crippen LogP contribution in [0.5, 0.6) is 0 Å². The summed E-state index contributed by atoms with van der Waals surface area (Å²) in [5.41, 5.74) is 1.68. The zero-order valence-electron chi connectivity index (χ0n) is 7.40. The van der Waals surface area contributed by atoms with Gasteiger partial charge in [-0.15, -0.1) is 0 Å². The Kier molecular flexibility index (Phi) is 2.73. The highest BCUT2D eigenvalue weighted by atomic mass is 79.9. The molecule has 0 amide bonds. The summed E-state index contributed by atoms with van der Waals surface area (Å²) in [6, 6.07) is 0. The summed E-state index contributed by atoms with van der Waals surface area (Å²) in [4.78, 5) is 11.4. The van der Waals surface area contributed by atoms with Crippen molar-refractivity contribution in [2.45, 2.75) is 20.8 Å². The first-order chi connectivity index (χ1) is 5.57. The Balaban J connectivity index is 3.22. The summed E-state index contributed by atoms with van der Waals surface area (Å²) in [5, 5.41) is 0.355. The molecule has 1 aromatic rings. The Morgan fingerprint density at radius 2 is 1.92 bits per heavy atom. The number of furan rings is 1. The molecule has 1 aromatic heterocycles. The molecule has 0 unspecified atom stereocenters. The average molecular weight is 231 g/mol. The van der Waals surface area contributed by atoms with Gasteiger partial charge in [0.05, 0.1) is 10.9 Å². The van der Waals surface area contributed by atoms with Crippen LogP contribution < -0.4 is 0 Å². The molecule has 1 rings (SSSR count). The van der Waals surface area contributed by atoms with Gasteiger partial charge >= 0.3 is 0 Å². The molecule has 0 radical (unpaired) electrons. The first-order valence-electron chi connectivity index (χ1n) is 3.73. The van der Waals surface area contributed by atoms with Crippen molar-refractivity contribution in [3.8, 4) is 0 Å². The van der Waals surface area contributed by atoms with E-state index in [-0.39, 0.29) is 5.78 Å². The highest BCUT2D eigenvalue weighted by Gasteiger charge is 2.16. The van der Waals surface area contributed by atoms with Crippen LogP contribution in [0.4, 0.5) is 0 Å². The molecule has 0 aromatic carbocycles. The van der Waals surface area contributed by atoms with Crippen LogP contribution in [0.15, 0.2) is 4.42 Å². The summed E-state index contributed by atoms with van der Waals surface area (Å²) in [6.07, 6.45) is 0. The Bertz CT molecular complexity index is 313. The van der Waals surface area contributed by atoms with Crippen LogP contribution >= 0.6 is 15.9 Å². The molecular formula is C9H11BrO2. The fourth-order valence-electron chi connectivity index (χ4n) is 1.27. The standard InChI is InChI=1S/C9H11BrO2/c1-5-6(2)12-7(3)9(5)8(11)4-10/h4H2,1-3H3. The molecule has 1 heterocycles. The molecule has 0 aliphatic rings. The van der Waals surface area contributed by atoms with Gasteiger partial charge in [0.2, 0.25) is 0 Å². The van der Waals surface area contributed by atoms with Crippen LogP contribution in [0.3, 0.4) is 0 Å². The summed E-state index contributed by atoms with van der Waals surface area (Å²) < 4.78 is 5.33. The largest absolute Gasteiger partial charge is 0.466 e. The lowest BCUT2D eigenvalue weighted by Gasteiger charge is -1.94. The smallest absolute Gasteiger partial charge is 0.177 e. The minimum Gasteiger partial charge on any atom is -0.466 e. The van der Waals surface area contributed by atoms with E-state index in [1.54, 1.807) is 0 Å².